The van der Waals surface area contributed by atoms with Crippen LogP contribution in [0, 0.1) is 5.41 Å². The highest BCUT2D eigenvalue weighted by atomic mass is 16.6. The Morgan fingerprint density at radius 3 is 2.64 bits per heavy atom. The number of benzene rings is 1. The maximum atomic E-state index is 12.4. The van der Waals surface area contributed by atoms with Crippen LogP contribution in [-0.4, -0.2) is 45.9 Å². The van der Waals surface area contributed by atoms with E-state index < -0.39 is 23.1 Å². The number of aromatic nitrogens is 1. The van der Waals surface area contributed by atoms with Crippen LogP contribution in [-0.2, 0) is 16.0 Å². The van der Waals surface area contributed by atoms with Crippen molar-refractivity contribution in [2.75, 3.05) is 13.1 Å². The number of carboxylic acids is 1. The van der Waals surface area contributed by atoms with Crippen molar-refractivity contribution in [3.05, 3.63) is 42.2 Å². The van der Waals surface area contributed by atoms with Gasteiger partial charge in [-0.05, 0) is 33.6 Å². The van der Waals surface area contributed by atoms with E-state index in [1.165, 1.54) is 4.90 Å². The molecule has 7 nitrogen and oxygen atoms in total. The number of aliphatic carboxylic acids is 1. The Balaban J connectivity index is 1.78. The monoisotopic (exact) mass is 386 g/mol. The first-order chi connectivity index (χ1) is 13.2. The highest BCUT2D eigenvalue weighted by Gasteiger charge is 2.45. The van der Waals surface area contributed by atoms with Gasteiger partial charge in [0.25, 0.3) is 0 Å². The Kier molecular flexibility index (Phi) is 5.45. The van der Waals surface area contributed by atoms with Gasteiger partial charge >= 0.3 is 12.1 Å². The van der Waals surface area contributed by atoms with Crippen molar-refractivity contribution in [1.29, 1.82) is 0 Å². The Bertz CT molecular complexity index is 840. The molecule has 1 aromatic carbocycles. The van der Waals surface area contributed by atoms with Crippen LogP contribution < -0.4 is 0 Å². The van der Waals surface area contributed by atoms with Gasteiger partial charge in [0.1, 0.15) is 17.1 Å². The largest absolute Gasteiger partial charge is 0.481 e. The molecule has 1 aliphatic heterocycles. The number of likely N-dealkylation sites (tertiary alicyclic amines) is 1. The van der Waals surface area contributed by atoms with E-state index in [2.05, 4.69) is 5.16 Å². The molecule has 1 aliphatic rings. The van der Waals surface area contributed by atoms with E-state index in [0.29, 0.717) is 30.8 Å². The van der Waals surface area contributed by atoms with Crippen molar-refractivity contribution in [1.82, 2.24) is 10.1 Å². The summed E-state index contributed by atoms with van der Waals surface area (Å²) in [5.41, 5.74) is -0.185. The van der Waals surface area contributed by atoms with Crippen molar-refractivity contribution in [3.63, 3.8) is 0 Å². The number of nitrogens with zero attached hydrogens (tertiary/aromatic N) is 2. The van der Waals surface area contributed by atoms with Crippen LogP contribution in [0.2, 0.25) is 0 Å². The van der Waals surface area contributed by atoms with Crippen LogP contribution in [0.3, 0.4) is 0 Å². The molecule has 7 heteroatoms. The summed E-state index contributed by atoms with van der Waals surface area (Å²) in [6.45, 7) is 5.94. The first-order valence-corrected chi connectivity index (χ1v) is 9.41. The summed E-state index contributed by atoms with van der Waals surface area (Å²) in [7, 11) is 0. The number of carbonyl (C=O) groups excluding carboxylic acids is 1. The molecule has 3 rings (SSSR count). The second kappa shape index (κ2) is 7.66. The molecule has 0 aliphatic carbocycles. The summed E-state index contributed by atoms with van der Waals surface area (Å²) in [6.07, 6.45) is 0.732. The molecule has 1 atom stereocenters. The molecule has 0 unspecified atom stereocenters. The van der Waals surface area contributed by atoms with Gasteiger partial charge in [-0.2, -0.15) is 0 Å². The van der Waals surface area contributed by atoms with E-state index in [1.54, 1.807) is 26.8 Å². The number of carbonyl (C=O) groups is 2. The first-order valence-electron chi connectivity index (χ1n) is 9.41. The summed E-state index contributed by atoms with van der Waals surface area (Å²) in [6, 6.07) is 11.3. The van der Waals surface area contributed by atoms with E-state index in [0.717, 1.165) is 5.56 Å². The van der Waals surface area contributed by atoms with E-state index in [-0.39, 0.29) is 13.0 Å². The van der Waals surface area contributed by atoms with Crippen LogP contribution >= 0.6 is 0 Å². The molecule has 0 saturated carbocycles. The lowest BCUT2D eigenvalue weighted by Crippen LogP contribution is -2.52. The van der Waals surface area contributed by atoms with Gasteiger partial charge in [-0.15, -0.1) is 0 Å². The van der Waals surface area contributed by atoms with Crippen molar-refractivity contribution in [2.24, 2.45) is 5.41 Å². The smallest absolute Gasteiger partial charge is 0.410 e. The number of ether oxygens (including phenoxy) is 1. The molecule has 0 spiro atoms. The summed E-state index contributed by atoms with van der Waals surface area (Å²) >= 11 is 0. The topological polar surface area (TPSA) is 92.9 Å². The van der Waals surface area contributed by atoms with E-state index in [9.17, 15) is 14.7 Å². The summed E-state index contributed by atoms with van der Waals surface area (Å²) in [4.78, 5) is 26.1. The van der Waals surface area contributed by atoms with Gasteiger partial charge in [0.05, 0.1) is 5.41 Å². The Labute approximate surface area is 164 Å². The number of hydrogen-bond acceptors (Lipinski definition) is 5. The van der Waals surface area contributed by atoms with Gasteiger partial charge in [-0.3, -0.25) is 4.79 Å². The molecule has 1 amide bonds. The fraction of sp³-hybridized carbons (Fsp3) is 0.476. The minimum absolute atomic E-state index is 0.0820. The third-order valence-corrected chi connectivity index (χ3v) is 4.82. The van der Waals surface area contributed by atoms with Crippen molar-refractivity contribution in [2.45, 2.75) is 45.6 Å². The van der Waals surface area contributed by atoms with Crippen molar-refractivity contribution >= 4 is 12.1 Å². The van der Waals surface area contributed by atoms with Gasteiger partial charge in [0.15, 0.2) is 0 Å². The van der Waals surface area contributed by atoms with E-state index >= 15 is 0 Å². The molecular weight excluding hydrogens is 360 g/mol. The Hall–Kier alpha value is -2.83. The lowest BCUT2D eigenvalue weighted by molar-refractivity contribution is -0.152. The van der Waals surface area contributed by atoms with Crippen molar-refractivity contribution < 1.29 is 24.0 Å². The molecular formula is C21H26N2O5. The SMILES string of the molecule is CC(C)(C)OC(=O)N1CCC[C@@](Cc2cc(-c3ccccc3)no2)(C(=O)O)C1. The highest BCUT2D eigenvalue weighted by molar-refractivity contribution is 5.77. The lowest BCUT2D eigenvalue weighted by atomic mass is 9.76. The zero-order chi connectivity index (χ0) is 20.4. The molecule has 150 valence electrons. The number of rotatable bonds is 4. The molecule has 2 aromatic rings. The lowest BCUT2D eigenvalue weighted by Gasteiger charge is -2.39. The van der Waals surface area contributed by atoms with Crippen LogP contribution in [0.4, 0.5) is 4.79 Å². The highest BCUT2D eigenvalue weighted by Crippen LogP contribution is 2.35. The third kappa shape index (κ3) is 4.52. The Morgan fingerprint density at radius 1 is 1.29 bits per heavy atom. The molecule has 1 N–H and O–H groups in total. The van der Waals surface area contributed by atoms with Crippen LogP contribution in [0.1, 0.15) is 39.4 Å². The fourth-order valence-corrected chi connectivity index (χ4v) is 3.48. The van der Waals surface area contributed by atoms with E-state index in [4.69, 9.17) is 9.26 Å². The third-order valence-electron chi connectivity index (χ3n) is 4.82. The van der Waals surface area contributed by atoms with Gasteiger partial charge in [-0.25, -0.2) is 4.79 Å². The average Bonchev–Trinajstić information content (AvgIpc) is 3.09. The van der Waals surface area contributed by atoms with Gasteiger partial charge in [-0.1, -0.05) is 35.5 Å². The number of carboxylic acid groups (broad SMARTS) is 1. The minimum Gasteiger partial charge on any atom is -0.481 e. The molecule has 2 heterocycles. The molecule has 0 bridgehead atoms. The number of amides is 1. The van der Waals surface area contributed by atoms with Gasteiger partial charge in [0.2, 0.25) is 0 Å². The van der Waals surface area contributed by atoms with Crippen molar-refractivity contribution in [3.8, 4) is 11.3 Å². The van der Waals surface area contributed by atoms with Crippen LogP contribution in [0.5, 0.6) is 0 Å². The molecule has 0 radical (unpaired) electrons. The average molecular weight is 386 g/mol. The molecule has 1 aromatic heterocycles. The summed E-state index contributed by atoms with van der Waals surface area (Å²) in [5, 5.41) is 14.0. The zero-order valence-corrected chi connectivity index (χ0v) is 16.5. The maximum Gasteiger partial charge on any atom is 0.410 e. The second-order valence-corrected chi connectivity index (χ2v) is 8.31. The number of hydrogen-bond donors (Lipinski definition) is 1. The zero-order valence-electron chi connectivity index (χ0n) is 16.5. The molecule has 28 heavy (non-hydrogen) atoms. The predicted octanol–water partition coefficient (Wildman–Crippen LogP) is 3.99. The standard InChI is InChI=1S/C21H26N2O5/c1-20(2,3)27-19(26)23-11-7-10-21(14-23,18(24)25)13-16-12-17(22-28-16)15-8-5-4-6-9-15/h4-6,8-9,12H,7,10-11,13-14H2,1-3H3,(H,24,25)/t21-/m0/s1. The fourth-order valence-electron chi connectivity index (χ4n) is 3.48. The maximum absolute atomic E-state index is 12.4. The molecule has 1 fully saturated rings. The quantitative estimate of drug-likeness (QED) is 0.854. The Morgan fingerprint density at radius 2 is 2.00 bits per heavy atom. The second-order valence-electron chi connectivity index (χ2n) is 8.31. The van der Waals surface area contributed by atoms with Gasteiger partial charge in [0, 0.05) is 31.1 Å². The summed E-state index contributed by atoms with van der Waals surface area (Å²) < 4.78 is 10.8. The van der Waals surface area contributed by atoms with E-state index in [1.807, 2.05) is 30.3 Å². The van der Waals surface area contributed by atoms with Crippen LogP contribution in [0.25, 0.3) is 11.3 Å². The summed E-state index contributed by atoms with van der Waals surface area (Å²) in [5.74, 6) is -0.453. The minimum atomic E-state index is -1.12. The normalized spacial score (nSPS) is 20.0. The number of piperidine rings is 1. The molecule has 1 saturated heterocycles. The van der Waals surface area contributed by atoms with Gasteiger partial charge < -0.3 is 19.3 Å². The van der Waals surface area contributed by atoms with Crippen LogP contribution in [0.15, 0.2) is 40.9 Å². The predicted molar refractivity (Wildman–Crippen MR) is 103 cm³/mol. The first kappa shape index (κ1) is 19.9.